The molecule has 0 aliphatic heterocycles. The van der Waals surface area contributed by atoms with Gasteiger partial charge in [-0.25, -0.2) is 0 Å². The van der Waals surface area contributed by atoms with Crippen molar-refractivity contribution in [3.05, 3.63) is 36.2 Å². The predicted octanol–water partition coefficient (Wildman–Crippen LogP) is 6.53. The number of hydrogen-bond acceptors (Lipinski definition) is 1. The predicted molar refractivity (Wildman–Crippen MR) is 95.4 cm³/mol. The van der Waals surface area contributed by atoms with Crippen molar-refractivity contribution < 1.29 is 4.74 Å². The summed E-state index contributed by atoms with van der Waals surface area (Å²) in [6.07, 6.45) is 14.3. The second-order valence-electron chi connectivity index (χ2n) is 6.91. The Hall–Kier alpha value is -0.980. The molecule has 22 heavy (non-hydrogen) atoms. The zero-order valence-electron chi connectivity index (χ0n) is 14.5. The third-order valence-corrected chi connectivity index (χ3v) is 4.86. The molecule has 0 N–H and O–H groups in total. The van der Waals surface area contributed by atoms with Gasteiger partial charge in [0.1, 0.15) is 5.75 Å². The van der Waals surface area contributed by atoms with Crippen LogP contribution < -0.4 is 4.74 Å². The first-order chi connectivity index (χ1) is 10.8. The molecular weight excluding hydrogens is 268 g/mol. The summed E-state index contributed by atoms with van der Waals surface area (Å²) in [4.78, 5) is 0. The van der Waals surface area contributed by atoms with Gasteiger partial charge >= 0.3 is 0 Å². The quantitative estimate of drug-likeness (QED) is 0.471. The molecule has 1 saturated carbocycles. The van der Waals surface area contributed by atoms with Crippen molar-refractivity contribution >= 4 is 0 Å². The maximum absolute atomic E-state index is 5.87. The van der Waals surface area contributed by atoms with E-state index in [2.05, 4.69) is 44.5 Å². The van der Waals surface area contributed by atoms with E-state index in [0.29, 0.717) is 0 Å². The number of hydrogen-bond donors (Lipinski definition) is 0. The van der Waals surface area contributed by atoms with Crippen LogP contribution in [0.5, 0.6) is 5.75 Å². The van der Waals surface area contributed by atoms with Gasteiger partial charge in [0.25, 0.3) is 0 Å². The molecule has 0 heterocycles. The lowest BCUT2D eigenvalue weighted by atomic mass is 9.79. The Morgan fingerprint density at radius 1 is 1.00 bits per heavy atom. The highest BCUT2D eigenvalue weighted by atomic mass is 16.5. The normalized spacial score (nSPS) is 21.7. The molecule has 123 valence electrons. The summed E-state index contributed by atoms with van der Waals surface area (Å²) in [6, 6.07) is 8.88. The molecule has 1 radical (unpaired) electrons. The van der Waals surface area contributed by atoms with Crippen LogP contribution in [0.15, 0.2) is 24.3 Å². The highest BCUT2D eigenvalue weighted by Crippen LogP contribution is 2.35. The zero-order chi connectivity index (χ0) is 15.6. The smallest absolute Gasteiger partial charge is 0.119 e. The first-order valence-corrected chi connectivity index (χ1v) is 9.35. The van der Waals surface area contributed by atoms with Gasteiger partial charge in [-0.3, -0.25) is 0 Å². The summed E-state index contributed by atoms with van der Waals surface area (Å²) >= 11 is 0. The highest BCUT2D eigenvalue weighted by Gasteiger charge is 2.20. The third-order valence-electron chi connectivity index (χ3n) is 4.86. The molecule has 1 nitrogen and oxygen atoms in total. The van der Waals surface area contributed by atoms with Crippen molar-refractivity contribution in [3.63, 3.8) is 0 Å². The van der Waals surface area contributed by atoms with E-state index in [4.69, 9.17) is 4.74 Å². The molecule has 0 saturated heterocycles. The van der Waals surface area contributed by atoms with Gasteiger partial charge in [-0.05, 0) is 61.6 Å². The SMILES string of the molecule is CCCCCCCCOc1ccc(C2CC[CH]C(C)C2)cc1. The standard InChI is InChI=1S/C21H33O/c1-3-4-5-6-7-8-16-22-21-14-12-19(13-15-21)20-11-9-10-18(2)17-20/h10,12-15,18,20H,3-9,11,16-17H2,1-2H3. The fraction of sp³-hybridized carbons (Fsp3) is 0.667. The fourth-order valence-corrected chi connectivity index (χ4v) is 3.46. The minimum absolute atomic E-state index is 0.743. The Kier molecular flexibility index (Phi) is 7.83. The molecule has 0 bridgehead atoms. The third kappa shape index (κ3) is 6.02. The topological polar surface area (TPSA) is 9.23 Å². The van der Waals surface area contributed by atoms with E-state index >= 15 is 0 Å². The fourth-order valence-electron chi connectivity index (χ4n) is 3.46. The van der Waals surface area contributed by atoms with Gasteiger partial charge in [-0.2, -0.15) is 0 Å². The molecule has 1 fully saturated rings. The maximum Gasteiger partial charge on any atom is 0.119 e. The van der Waals surface area contributed by atoms with E-state index in [1.54, 1.807) is 0 Å². The van der Waals surface area contributed by atoms with E-state index in [9.17, 15) is 0 Å². The lowest BCUT2D eigenvalue weighted by molar-refractivity contribution is 0.304. The molecule has 1 aliphatic carbocycles. The van der Waals surface area contributed by atoms with E-state index in [-0.39, 0.29) is 0 Å². The van der Waals surface area contributed by atoms with Crippen molar-refractivity contribution in [1.29, 1.82) is 0 Å². The molecular formula is C21H33O. The van der Waals surface area contributed by atoms with Crippen molar-refractivity contribution in [2.45, 2.75) is 77.6 Å². The van der Waals surface area contributed by atoms with Gasteiger partial charge < -0.3 is 4.74 Å². The van der Waals surface area contributed by atoms with E-state index in [1.807, 2.05) is 0 Å². The van der Waals surface area contributed by atoms with Crippen LogP contribution in [-0.4, -0.2) is 6.61 Å². The lowest BCUT2D eigenvalue weighted by Crippen LogP contribution is -2.12. The van der Waals surface area contributed by atoms with Crippen LogP contribution in [0.25, 0.3) is 0 Å². The van der Waals surface area contributed by atoms with E-state index in [1.165, 1.54) is 63.4 Å². The molecule has 0 spiro atoms. The average molecular weight is 301 g/mol. The monoisotopic (exact) mass is 301 g/mol. The summed E-state index contributed by atoms with van der Waals surface area (Å²) in [7, 11) is 0. The van der Waals surface area contributed by atoms with Crippen molar-refractivity contribution in [2.75, 3.05) is 6.61 Å². The molecule has 0 amide bonds. The van der Waals surface area contributed by atoms with Crippen LogP contribution in [0, 0.1) is 12.3 Å². The van der Waals surface area contributed by atoms with Crippen molar-refractivity contribution in [3.8, 4) is 5.75 Å². The van der Waals surface area contributed by atoms with Crippen LogP contribution in [0.3, 0.4) is 0 Å². The molecule has 1 aliphatic rings. The van der Waals surface area contributed by atoms with Gasteiger partial charge in [0.2, 0.25) is 0 Å². The van der Waals surface area contributed by atoms with Crippen LogP contribution in [0.4, 0.5) is 0 Å². The largest absolute Gasteiger partial charge is 0.494 e. The Labute approximate surface area is 137 Å². The highest BCUT2D eigenvalue weighted by molar-refractivity contribution is 5.30. The van der Waals surface area contributed by atoms with Gasteiger partial charge in [0.05, 0.1) is 6.61 Å². The lowest BCUT2D eigenvalue weighted by Gasteiger charge is -2.26. The summed E-state index contributed by atoms with van der Waals surface area (Å²) in [5, 5.41) is 0. The second kappa shape index (κ2) is 9.92. The van der Waals surface area contributed by atoms with Gasteiger partial charge in [0, 0.05) is 0 Å². The van der Waals surface area contributed by atoms with Crippen LogP contribution >= 0.6 is 0 Å². The molecule has 1 aromatic carbocycles. The maximum atomic E-state index is 5.87. The van der Waals surface area contributed by atoms with Gasteiger partial charge in [-0.1, -0.05) is 58.1 Å². The molecule has 1 heteroatoms. The minimum atomic E-state index is 0.743. The minimum Gasteiger partial charge on any atom is -0.494 e. The number of benzene rings is 1. The molecule has 2 unspecified atom stereocenters. The van der Waals surface area contributed by atoms with Crippen molar-refractivity contribution in [2.24, 2.45) is 5.92 Å². The Morgan fingerprint density at radius 3 is 2.45 bits per heavy atom. The van der Waals surface area contributed by atoms with Crippen molar-refractivity contribution in [1.82, 2.24) is 0 Å². The molecule has 2 rings (SSSR count). The van der Waals surface area contributed by atoms with Crippen LogP contribution in [0.1, 0.15) is 83.1 Å². The number of unbranched alkanes of at least 4 members (excludes halogenated alkanes) is 5. The summed E-state index contributed by atoms with van der Waals surface area (Å²) in [6.45, 7) is 5.46. The Morgan fingerprint density at radius 2 is 1.73 bits per heavy atom. The summed E-state index contributed by atoms with van der Waals surface area (Å²) in [5.41, 5.74) is 1.49. The van der Waals surface area contributed by atoms with Gasteiger partial charge in [-0.15, -0.1) is 0 Å². The second-order valence-corrected chi connectivity index (χ2v) is 6.91. The van der Waals surface area contributed by atoms with E-state index < -0.39 is 0 Å². The van der Waals surface area contributed by atoms with Crippen LogP contribution in [-0.2, 0) is 0 Å². The Balaban J connectivity index is 1.66. The van der Waals surface area contributed by atoms with Crippen LogP contribution in [0.2, 0.25) is 0 Å². The molecule has 1 aromatic rings. The average Bonchev–Trinajstić information content (AvgIpc) is 2.55. The first kappa shape index (κ1) is 17.4. The van der Waals surface area contributed by atoms with E-state index in [0.717, 1.165) is 24.2 Å². The Bertz CT molecular complexity index is 395. The first-order valence-electron chi connectivity index (χ1n) is 9.35. The number of rotatable bonds is 9. The molecule has 0 aromatic heterocycles. The van der Waals surface area contributed by atoms with Gasteiger partial charge in [0.15, 0.2) is 0 Å². The summed E-state index contributed by atoms with van der Waals surface area (Å²) < 4.78 is 5.87. The number of ether oxygens (including phenoxy) is 1. The summed E-state index contributed by atoms with van der Waals surface area (Å²) in [5.74, 6) is 2.54. The zero-order valence-corrected chi connectivity index (χ0v) is 14.5. The molecule has 2 atom stereocenters.